The Morgan fingerprint density at radius 3 is 2.41 bits per heavy atom. The molecule has 0 spiro atoms. The third-order valence-corrected chi connectivity index (χ3v) is 2.30. The van der Waals surface area contributed by atoms with Gasteiger partial charge in [0.05, 0.1) is 13.5 Å². The number of nitrogens with zero attached hydrogens (tertiary/aromatic N) is 1. The topological polar surface area (TPSA) is 66.8 Å². The lowest BCUT2D eigenvalue weighted by molar-refractivity contribution is -0.142. The van der Waals surface area contributed by atoms with Crippen LogP contribution in [0, 0.1) is 5.92 Å². The molecule has 0 unspecified atom stereocenters. The molecule has 1 N–H and O–H groups in total. The van der Waals surface area contributed by atoms with Crippen molar-refractivity contribution in [1.82, 2.24) is 4.90 Å². The third-order valence-electron chi connectivity index (χ3n) is 2.30. The number of methoxy groups -OCH3 is 1. The van der Waals surface area contributed by atoms with E-state index in [1.54, 1.807) is 4.90 Å². The van der Waals surface area contributed by atoms with Crippen LogP contribution in [0.3, 0.4) is 0 Å². The molecular weight excluding hydrogens is 222 g/mol. The van der Waals surface area contributed by atoms with E-state index in [1.807, 2.05) is 13.8 Å². The van der Waals surface area contributed by atoms with E-state index in [4.69, 9.17) is 5.11 Å². The number of hydrogen-bond donors (Lipinski definition) is 1. The maximum absolute atomic E-state index is 11.8. The van der Waals surface area contributed by atoms with Gasteiger partial charge in [0.1, 0.15) is 0 Å². The van der Waals surface area contributed by atoms with Gasteiger partial charge in [-0.25, -0.2) is 0 Å². The van der Waals surface area contributed by atoms with Crippen molar-refractivity contribution in [3.05, 3.63) is 0 Å². The molecule has 0 saturated carbocycles. The summed E-state index contributed by atoms with van der Waals surface area (Å²) in [4.78, 5) is 24.5. The normalized spacial score (nSPS) is 10.4. The molecule has 0 aromatic rings. The monoisotopic (exact) mass is 245 g/mol. The van der Waals surface area contributed by atoms with Gasteiger partial charge in [0.2, 0.25) is 5.91 Å². The van der Waals surface area contributed by atoms with Crippen LogP contribution in [-0.4, -0.2) is 48.7 Å². The molecule has 5 nitrogen and oxygen atoms in total. The number of aliphatic hydroxyl groups excluding tert-OH is 1. The van der Waals surface area contributed by atoms with Crippen LogP contribution in [0.2, 0.25) is 0 Å². The van der Waals surface area contributed by atoms with E-state index in [1.165, 1.54) is 7.11 Å². The molecule has 5 heteroatoms. The zero-order valence-electron chi connectivity index (χ0n) is 10.9. The van der Waals surface area contributed by atoms with Crippen molar-refractivity contribution in [2.24, 2.45) is 5.92 Å². The van der Waals surface area contributed by atoms with E-state index in [0.29, 0.717) is 31.8 Å². The molecule has 0 aromatic heterocycles. The maximum Gasteiger partial charge on any atom is 0.307 e. The van der Waals surface area contributed by atoms with Crippen LogP contribution >= 0.6 is 0 Å². The number of hydrogen-bond acceptors (Lipinski definition) is 4. The van der Waals surface area contributed by atoms with Crippen LogP contribution in [-0.2, 0) is 14.3 Å². The Labute approximate surface area is 103 Å². The molecule has 1 amide bonds. The summed E-state index contributed by atoms with van der Waals surface area (Å²) < 4.78 is 4.55. The van der Waals surface area contributed by atoms with Crippen molar-refractivity contribution < 1.29 is 19.4 Å². The summed E-state index contributed by atoms with van der Waals surface area (Å²) in [5.41, 5.74) is 0. The van der Waals surface area contributed by atoms with Crippen LogP contribution in [0.25, 0.3) is 0 Å². The van der Waals surface area contributed by atoms with Gasteiger partial charge < -0.3 is 14.7 Å². The molecule has 0 rings (SSSR count). The van der Waals surface area contributed by atoms with E-state index in [0.717, 1.165) is 0 Å². The van der Waals surface area contributed by atoms with E-state index < -0.39 is 0 Å². The number of carbonyl (C=O) groups is 2. The summed E-state index contributed by atoms with van der Waals surface area (Å²) in [5.74, 6) is 0.0242. The van der Waals surface area contributed by atoms with Crippen molar-refractivity contribution in [3.63, 3.8) is 0 Å². The molecule has 0 aliphatic carbocycles. The highest BCUT2D eigenvalue weighted by molar-refractivity contribution is 5.77. The lowest BCUT2D eigenvalue weighted by Gasteiger charge is -2.24. The van der Waals surface area contributed by atoms with Crippen LogP contribution < -0.4 is 0 Å². The van der Waals surface area contributed by atoms with E-state index in [-0.39, 0.29) is 24.9 Å². The average molecular weight is 245 g/mol. The Balaban J connectivity index is 4.21. The predicted molar refractivity (Wildman–Crippen MR) is 64.4 cm³/mol. The number of carbonyl (C=O) groups excluding carboxylic acids is 2. The summed E-state index contributed by atoms with van der Waals surface area (Å²) in [6.07, 6.45) is 1.00. The third kappa shape index (κ3) is 7.74. The Hall–Kier alpha value is -1.10. The lowest BCUT2D eigenvalue weighted by atomic mass is 10.2. The van der Waals surface area contributed by atoms with E-state index >= 15 is 0 Å². The lowest BCUT2D eigenvalue weighted by Crippen LogP contribution is -2.36. The zero-order chi connectivity index (χ0) is 13.3. The quantitative estimate of drug-likeness (QED) is 0.642. The molecule has 0 fully saturated rings. The standard InChI is InChI=1S/C12H23NO4/c1-10(2)9-13(7-6-12(16)17-3)11(15)5-4-8-14/h10,14H,4-9H2,1-3H3. The molecule has 0 radical (unpaired) electrons. The number of aliphatic hydroxyl groups is 1. The van der Waals surface area contributed by atoms with Gasteiger partial charge in [-0.1, -0.05) is 13.8 Å². The van der Waals surface area contributed by atoms with Crippen molar-refractivity contribution in [3.8, 4) is 0 Å². The predicted octanol–water partition coefficient (Wildman–Crippen LogP) is 0.807. The second-order valence-corrected chi connectivity index (χ2v) is 4.39. The van der Waals surface area contributed by atoms with Gasteiger partial charge in [-0.3, -0.25) is 9.59 Å². The van der Waals surface area contributed by atoms with Gasteiger partial charge in [0.25, 0.3) is 0 Å². The first-order chi connectivity index (χ1) is 8.01. The number of amides is 1. The van der Waals surface area contributed by atoms with Gasteiger partial charge in [-0.15, -0.1) is 0 Å². The molecule has 0 bridgehead atoms. The van der Waals surface area contributed by atoms with Crippen LogP contribution in [0.5, 0.6) is 0 Å². The van der Waals surface area contributed by atoms with Crippen LogP contribution in [0.1, 0.15) is 33.1 Å². The molecule has 100 valence electrons. The summed E-state index contributed by atoms with van der Waals surface area (Å²) >= 11 is 0. The van der Waals surface area contributed by atoms with Crippen molar-refractivity contribution in [1.29, 1.82) is 0 Å². The van der Waals surface area contributed by atoms with Gasteiger partial charge in [0, 0.05) is 26.1 Å². The first-order valence-electron chi connectivity index (χ1n) is 5.96. The molecule has 0 aromatic carbocycles. The minimum Gasteiger partial charge on any atom is -0.469 e. The smallest absolute Gasteiger partial charge is 0.307 e. The number of rotatable bonds is 8. The first-order valence-corrected chi connectivity index (χ1v) is 5.96. The largest absolute Gasteiger partial charge is 0.469 e. The SMILES string of the molecule is COC(=O)CCN(CC(C)C)C(=O)CCCO. The number of ether oxygens (including phenoxy) is 1. The van der Waals surface area contributed by atoms with Crippen molar-refractivity contribution >= 4 is 11.9 Å². The molecule has 0 aliphatic heterocycles. The molecular formula is C12H23NO4. The van der Waals surface area contributed by atoms with Crippen LogP contribution in [0.15, 0.2) is 0 Å². The van der Waals surface area contributed by atoms with Gasteiger partial charge in [-0.05, 0) is 12.3 Å². The first kappa shape index (κ1) is 15.9. The van der Waals surface area contributed by atoms with Gasteiger partial charge in [-0.2, -0.15) is 0 Å². The van der Waals surface area contributed by atoms with E-state index in [9.17, 15) is 9.59 Å². The fourth-order valence-electron chi connectivity index (χ4n) is 1.48. The fraction of sp³-hybridized carbons (Fsp3) is 0.833. The highest BCUT2D eigenvalue weighted by Gasteiger charge is 2.15. The van der Waals surface area contributed by atoms with Crippen molar-refractivity contribution in [2.45, 2.75) is 33.1 Å². The van der Waals surface area contributed by atoms with Crippen molar-refractivity contribution in [2.75, 3.05) is 26.8 Å². The molecule has 0 saturated heterocycles. The van der Waals surface area contributed by atoms with E-state index in [2.05, 4.69) is 4.74 Å². The second-order valence-electron chi connectivity index (χ2n) is 4.39. The summed E-state index contributed by atoms with van der Waals surface area (Å²) in [6.45, 7) is 5.06. The van der Waals surface area contributed by atoms with Gasteiger partial charge >= 0.3 is 5.97 Å². The molecule has 0 aliphatic rings. The second kappa shape index (κ2) is 8.98. The Morgan fingerprint density at radius 2 is 1.94 bits per heavy atom. The fourth-order valence-corrected chi connectivity index (χ4v) is 1.48. The minimum atomic E-state index is -0.311. The minimum absolute atomic E-state index is 0.0122. The zero-order valence-corrected chi connectivity index (χ0v) is 10.9. The highest BCUT2D eigenvalue weighted by atomic mass is 16.5. The molecule has 0 heterocycles. The van der Waals surface area contributed by atoms with Crippen LogP contribution in [0.4, 0.5) is 0 Å². The van der Waals surface area contributed by atoms with Gasteiger partial charge in [0.15, 0.2) is 0 Å². The average Bonchev–Trinajstić information content (AvgIpc) is 2.30. The Bertz CT molecular complexity index is 241. The highest BCUT2D eigenvalue weighted by Crippen LogP contribution is 2.05. The summed E-state index contributed by atoms with van der Waals surface area (Å²) in [7, 11) is 1.34. The Morgan fingerprint density at radius 1 is 1.29 bits per heavy atom. The summed E-state index contributed by atoms with van der Waals surface area (Å²) in [6, 6.07) is 0. The number of esters is 1. The molecule has 0 atom stereocenters. The Kier molecular flexibility index (Phi) is 8.40. The molecule has 17 heavy (non-hydrogen) atoms. The summed E-state index contributed by atoms with van der Waals surface area (Å²) in [5, 5.41) is 8.69. The maximum atomic E-state index is 11.8.